The molecule has 0 saturated carbocycles. The standard InChI is InChI=1S/C16H18N2O/c1-12-7-6-10-14(18(2)11-15(17)19)16(12)13-8-4-3-5-9-13/h3-10H,11H2,1-2H3,(H2,17,19). The number of primary amides is 1. The Morgan fingerprint density at radius 1 is 1.11 bits per heavy atom. The normalized spacial score (nSPS) is 10.2. The molecule has 2 rings (SSSR count). The van der Waals surface area contributed by atoms with Crippen molar-refractivity contribution in [3.63, 3.8) is 0 Å². The maximum atomic E-state index is 11.1. The van der Waals surface area contributed by atoms with Crippen molar-refractivity contribution >= 4 is 11.6 Å². The zero-order chi connectivity index (χ0) is 13.8. The average Bonchev–Trinajstić information content (AvgIpc) is 2.38. The number of rotatable bonds is 4. The number of anilines is 1. The summed E-state index contributed by atoms with van der Waals surface area (Å²) in [6.07, 6.45) is 0. The summed E-state index contributed by atoms with van der Waals surface area (Å²) in [5.74, 6) is -0.331. The molecule has 1 amide bonds. The number of nitrogens with zero attached hydrogens (tertiary/aromatic N) is 1. The van der Waals surface area contributed by atoms with Crippen LogP contribution in [-0.4, -0.2) is 19.5 Å². The average molecular weight is 254 g/mol. The minimum absolute atomic E-state index is 0.212. The van der Waals surface area contributed by atoms with Crippen LogP contribution in [0, 0.1) is 6.92 Å². The van der Waals surface area contributed by atoms with Crippen LogP contribution < -0.4 is 10.6 Å². The highest BCUT2D eigenvalue weighted by Gasteiger charge is 2.12. The predicted molar refractivity (Wildman–Crippen MR) is 79.1 cm³/mol. The van der Waals surface area contributed by atoms with E-state index in [1.54, 1.807) is 0 Å². The van der Waals surface area contributed by atoms with Crippen molar-refractivity contribution in [3.8, 4) is 11.1 Å². The molecule has 3 heteroatoms. The molecule has 2 aromatic carbocycles. The SMILES string of the molecule is Cc1cccc(N(C)CC(N)=O)c1-c1ccccc1. The van der Waals surface area contributed by atoms with Gasteiger partial charge in [-0.1, -0.05) is 42.5 Å². The maximum Gasteiger partial charge on any atom is 0.236 e. The van der Waals surface area contributed by atoms with Crippen LogP contribution in [0.25, 0.3) is 11.1 Å². The number of carbonyl (C=O) groups is 1. The van der Waals surface area contributed by atoms with Crippen molar-refractivity contribution in [2.75, 3.05) is 18.5 Å². The highest BCUT2D eigenvalue weighted by Crippen LogP contribution is 2.33. The molecule has 2 aromatic rings. The van der Waals surface area contributed by atoms with Gasteiger partial charge in [-0.3, -0.25) is 4.79 Å². The van der Waals surface area contributed by atoms with E-state index in [9.17, 15) is 4.79 Å². The van der Waals surface area contributed by atoms with E-state index in [4.69, 9.17) is 5.73 Å². The Kier molecular flexibility index (Phi) is 3.85. The third-order valence-electron chi connectivity index (χ3n) is 3.12. The second-order valence-electron chi connectivity index (χ2n) is 4.66. The summed E-state index contributed by atoms with van der Waals surface area (Å²) in [6.45, 7) is 2.28. The van der Waals surface area contributed by atoms with Gasteiger partial charge in [0.25, 0.3) is 0 Å². The van der Waals surface area contributed by atoms with E-state index in [0.717, 1.165) is 16.8 Å². The first-order valence-corrected chi connectivity index (χ1v) is 6.24. The molecular weight excluding hydrogens is 236 g/mol. The van der Waals surface area contributed by atoms with Crippen molar-refractivity contribution in [1.82, 2.24) is 0 Å². The molecule has 0 aromatic heterocycles. The lowest BCUT2D eigenvalue weighted by Gasteiger charge is -2.22. The molecule has 0 bridgehead atoms. The Labute approximate surface area is 113 Å². The Hall–Kier alpha value is -2.29. The smallest absolute Gasteiger partial charge is 0.236 e. The molecule has 0 aliphatic rings. The first-order chi connectivity index (χ1) is 9.09. The van der Waals surface area contributed by atoms with E-state index in [1.165, 1.54) is 5.56 Å². The van der Waals surface area contributed by atoms with E-state index in [-0.39, 0.29) is 12.5 Å². The highest BCUT2D eigenvalue weighted by atomic mass is 16.1. The molecule has 3 nitrogen and oxygen atoms in total. The van der Waals surface area contributed by atoms with Gasteiger partial charge in [0.05, 0.1) is 6.54 Å². The number of aryl methyl sites for hydroxylation is 1. The molecular formula is C16H18N2O. The lowest BCUT2D eigenvalue weighted by molar-refractivity contribution is -0.116. The molecule has 0 atom stereocenters. The minimum atomic E-state index is -0.331. The van der Waals surface area contributed by atoms with Crippen LogP contribution in [0.3, 0.4) is 0 Å². The van der Waals surface area contributed by atoms with Gasteiger partial charge in [0.15, 0.2) is 0 Å². The molecule has 0 heterocycles. The highest BCUT2D eigenvalue weighted by molar-refractivity contribution is 5.85. The van der Waals surface area contributed by atoms with Gasteiger partial charge >= 0.3 is 0 Å². The van der Waals surface area contributed by atoms with Crippen molar-refractivity contribution in [2.45, 2.75) is 6.92 Å². The lowest BCUT2D eigenvalue weighted by atomic mass is 9.98. The summed E-state index contributed by atoms with van der Waals surface area (Å²) in [4.78, 5) is 13.0. The van der Waals surface area contributed by atoms with Gasteiger partial charge < -0.3 is 10.6 Å². The van der Waals surface area contributed by atoms with Gasteiger partial charge in [-0.25, -0.2) is 0 Å². The summed E-state index contributed by atoms with van der Waals surface area (Å²) < 4.78 is 0. The molecule has 0 saturated heterocycles. The summed E-state index contributed by atoms with van der Waals surface area (Å²) in [5.41, 5.74) is 9.77. The van der Waals surface area contributed by atoms with Gasteiger partial charge in [-0.2, -0.15) is 0 Å². The van der Waals surface area contributed by atoms with E-state index in [2.05, 4.69) is 25.1 Å². The number of carbonyl (C=O) groups excluding carboxylic acids is 1. The van der Waals surface area contributed by atoms with E-state index in [1.807, 2.05) is 42.3 Å². The van der Waals surface area contributed by atoms with Crippen molar-refractivity contribution in [3.05, 3.63) is 54.1 Å². The monoisotopic (exact) mass is 254 g/mol. The van der Waals surface area contributed by atoms with Crippen molar-refractivity contribution < 1.29 is 4.79 Å². The fraction of sp³-hybridized carbons (Fsp3) is 0.188. The van der Waals surface area contributed by atoms with E-state index >= 15 is 0 Å². The zero-order valence-corrected chi connectivity index (χ0v) is 11.3. The maximum absolute atomic E-state index is 11.1. The molecule has 0 spiro atoms. The van der Waals surface area contributed by atoms with Gasteiger partial charge in [-0.15, -0.1) is 0 Å². The molecule has 2 N–H and O–H groups in total. The topological polar surface area (TPSA) is 46.3 Å². The summed E-state index contributed by atoms with van der Waals surface area (Å²) >= 11 is 0. The van der Waals surface area contributed by atoms with Gasteiger partial charge in [0.1, 0.15) is 0 Å². The first kappa shape index (κ1) is 13.1. The van der Waals surface area contributed by atoms with Crippen LogP contribution in [0.2, 0.25) is 0 Å². The second-order valence-corrected chi connectivity index (χ2v) is 4.66. The predicted octanol–water partition coefficient (Wildman–Crippen LogP) is 2.58. The van der Waals surface area contributed by atoms with E-state index < -0.39 is 0 Å². The Morgan fingerprint density at radius 3 is 2.42 bits per heavy atom. The number of hydrogen-bond donors (Lipinski definition) is 1. The van der Waals surface area contributed by atoms with Crippen LogP contribution in [0.15, 0.2) is 48.5 Å². The molecule has 98 valence electrons. The number of benzene rings is 2. The summed E-state index contributed by atoms with van der Waals surface area (Å²) in [7, 11) is 1.88. The molecule has 0 aliphatic heterocycles. The third kappa shape index (κ3) is 2.94. The Balaban J connectivity index is 2.51. The van der Waals surface area contributed by atoms with Gasteiger partial charge in [0, 0.05) is 18.3 Å². The van der Waals surface area contributed by atoms with Crippen LogP contribution in [0.4, 0.5) is 5.69 Å². The number of hydrogen-bond acceptors (Lipinski definition) is 2. The quantitative estimate of drug-likeness (QED) is 0.911. The van der Waals surface area contributed by atoms with Crippen LogP contribution in [-0.2, 0) is 4.79 Å². The van der Waals surface area contributed by atoms with Crippen LogP contribution in [0.1, 0.15) is 5.56 Å². The Bertz CT molecular complexity index is 579. The largest absolute Gasteiger partial charge is 0.368 e. The van der Waals surface area contributed by atoms with Crippen LogP contribution >= 0.6 is 0 Å². The summed E-state index contributed by atoms with van der Waals surface area (Å²) in [6, 6.07) is 16.2. The number of nitrogens with two attached hydrogens (primary N) is 1. The second kappa shape index (κ2) is 5.57. The van der Waals surface area contributed by atoms with Crippen molar-refractivity contribution in [1.29, 1.82) is 0 Å². The summed E-state index contributed by atoms with van der Waals surface area (Å²) in [5, 5.41) is 0. The fourth-order valence-electron chi connectivity index (χ4n) is 2.27. The number of amides is 1. The van der Waals surface area contributed by atoms with E-state index in [0.29, 0.717) is 0 Å². The lowest BCUT2D eigenvalue weighted by Crippen LogP contribution is -2.30. The van der Waals surface area contributed by atoms with Gasteiger partial charge in [0.2, 0.25) is 5.91 Å². The van der Waals surface area contributed by atoms with Crippen molar-refractivity contribution in [2.24, 2.45) is 5.73 Å². The number of likely N-dealkylation sites (N-methyl/N-ethyl adjacent to an activating group) is 1. The Morgan fingerprint density at radius 2 is 1.79 bits per heavy atom. The van der Waals surface area contributed by atoms with Gasteiger partial charge in [-0.05, 0) is 24.1 Å². The molecule has 19 heavy (non-hydrogen) atoms. The minimum Gasteiger partial charge on any atom is -0.368 e. The first-order valence-electron chi connectivity index (χ1n) is 6.24. The third-order valence-corrected chi connectivity index (χ3v) is 3.12. The molecule has 0 radical (unpaired) electrons. The molecule has 0 fully saturated rings. The molecule has 0 aliphatic carbocycles. The fourth-order valence-corrected chi connectivity index (χ4v) is 2.27. The molecule has 0 unspecified atom stereocenters. The van der Waals surface area contributed by atoms with Crippen LogP contribution in [0.5, 0.6) is 0 Å². The zero-order valence-electron chi connectivity index (χ0n) is 11.3.